The first-order valence-electron chi connectivity index (χ1n) is 6.17. The SMILES string of the molecule is CNC1CCCc2nc(-c3cc(Br)c(Br)s3)ncc21. The maximum absolute atomic E-state index is 4.75. The molecule has 1 atom stereocenters. The largest absolute Gasteiger partial charge is 0.313 e. The molecule has 2 heterocycles. The van der Waals surface area contributed by atoms with Gasteiger partial charge in [0.15, 0.2) is 5.82 Å². The first-order valence-corrected chi connectivity index (χ1v) is 8.57. The quantitative estimate of drug-likeness (QED) is 0.812. The Morgan fingerprint density at radius 3 is 2.95 bits per heavy atom. The molecule has 3 nitrogen and oxygen atoms in total. The number of halogens is 2. The van der Waals surface area contributed by atoms with Crippen LogP contribution in [0.2, 0.25) is 0 Å². The van der Waals surface area contributed by atoms with Crippen LogP contribution in [0, 0.1) is 0 Å². The highest BCUT2D eigenvalue weighted by Crippen LogP contribution is 2.37. The van der Waals surface area contributed by atoms with Gasteiger partial charge in [0.1, 0.15) is 0 Å². The van der Waals surface area contributed by atoms with Crippen molar-refractivity contribution in [3.8, 4) is 10.7 Å². The molecule has 19 heavy (non-hydrogen) atoms. The highest BCUT2D eigenvalue weighted by molar-refractivity contribution is 9.13. The molecule has 100 valence electrons. The van der Waals surface area contributed by atoms with Crippen molar-refractivity contribution in [1.29, 1.82) is 0 Å². The number of hydrogen-bond acceptors (Lipinski definition) is 4. The van der Waals surface area contributed by atoms with Crippen LogP contribution in [-0.4, -0.2) is 17.0 Å². The number of hydrogen-bond donors (Lipinski definition) is 1. The second kappa shape index (κ2) is 5.60. The van der Waals surface area contributed by atoms with E-state index in [4.69, 9.17) is 4.98 Å². The fourth-order valence-corrected chi connectivity index (χ4v) is 4.40. The van der Waals surface area contributed by atoms with Crippen LogP contribution in [0.1, 0.15) is 30.1 Å². The molecule has 2 aromatic rings. The van der Waals surface area contributed by atoms with Crippen LogP contribution in [0.25, 0.3) is 10.7 Å². The lowest BCUT2D eigenvalue weighted by atomic mass is 9.92. The summed E-state index contributed by atoms with van der Waals surface area (Å²) in [4.78, 5) is 10.4. The monoisotopic (exact) mass is 401 g/mol. The van der Waals surface area contributed by atoms with Gasteiger partial charge in [-0.25, -0.2) is 9.97 Å². The Kier molecular flexibility index (Phi) is 4.03. The van der Waals surface area contributed by atoms with Gasteiger partial charge in [0.2, 0.25) is 0 Å². The molecule has 0 radical (unpaired) electrons. The summed E-state index contributed by atoms with van der Waals surface area (Å²) in [6, 6.07) is 2.47. The fraction of sp³-hybridized carbons (Fsp3) is 0.385. The van der Waals surface area contributed by atoms with E-state index in [1.54, 1.807) is 11.3 Å². The Morgan fingerprint density at radius 1 is 1.42 bits per heavy atom. The van der Waals surface area contributed by atoms with Crippen molar-refractivity contribution in [2.75, 3.05) is 7.05 Å². The van der Waals surface area contributed by atoms with Crippen LogP contribution < -0.4 is 5.32 Å². The Labute approximate surface area is 133 Å². The first kappa shape index (κ1) is 13.7. The van der Waals surface area contributed by atoms with E-state index in [0.29, 0.717) is 6.04 Å². The van der Waals surface area contributed by atoms with Gasteiger partial charge in [-0.3, -0.25) is 0 Å². The molecule has 1 unspecified atom stereocenters. The third-order valence-corrected chi connectivity index (χ3v) is 6.65. The van der Waals surface area contributed by atoms with E-state index in [-0.39, 0.29) is 0 Å². The summed E-state index contributed by atoms with van der Waals surface area (Å²) in [5.41, 5.74) is 2.45. The summed E-state index contributed by atoms with van der Waals surface area (Å²) in [6.45, 7) is 0. The Bertz CT molecular complexity index is 592. The summed E-state index contributed by atoms with van der Waals surface area (Å²) in [5, 5.41) is 3.34. The fourth-order valence-electron chi connectivity index (χ4n) is 2.42. The van der Waals surface area contributed by atoms with Gasteiger partial charge in [0.05, 0.1) is 8.66 Å². The molecule has 0 fully saturated rings. The van der Waals surface area contributed by atoms with E-state index in [1.807, 2.05) is 13.2 Å². The van der Waals surface area contributed by atoms with Crippen molar-refractivity contribution in [2.45, 2.75) is 25.3 Å². The van der Waals surface area contributed by atoms with Crippen molar-refractivity contribution in [1.82, 2.24) is 15.3 Å². The lowest BCUT2D eigenvalue weighted by molar-refractivity contribution is 0.488. The third-order valence-electron chi connectivity index (χ3n) is 3.40. The van der Waals surface area contributed by atoms with Crippen LogP contribution >= 0.6 is 43.2 Å². The van der Waals surface area contributed by atoms with Gasteiger partial charge >= 0.3 is 0 Å². The summed E-state index contributed by atoms with van der Waals surface area (Å²) < 4.78 is 2.14. The zero-order valence-corrected chi connectivity index (χ0v) is 14.4. The van der Waals surface area contributed by atoms with E-state index < -0.39 is 0 Å². The van der Waals surface area contributed by atoms with Crippen molar-refractivity contribution in [3.63, 3.8) is 0 Å². The van der Waals surface area contributed by atoms with Crippen molar-refractivity contribution < 1.29 is 0 Å². The van der Waals surface area contributed by atoms with E-state index >= 15 is 0 Å². The van der Waals surface area contributed by atoms with Crippen molar-refractivity contribution in [2.24, 2.45) is 0 Å². The highest BCUT2D eigenvalue weighted by atomic mass is 79.9. The topological polar surface area (TPSA) is 37.8 Å². The van der Waals surface area contributed by atoms with E-state index in [1.165, 1.54) is 24.1 Å². The maximum Gasteiger partial charge on any atom is 0.169 e. The number of nitrogens with one attached hydrogen (secondary N) is 1. The van der Waals surface area contributed by atoms with Gasteiger partial charge in [-0.05, 0) is 64.2 Å². The molecule has 0 aromatic carbocycles. The van der Waals surface area contributed by atoms with Crippen LogP contribution in [0.4, 0.5) is 0 Å². The molecule has 3 rings (SSSR count). The normalized spacial score (nSPS) is 18.4. The predicted octanol–water partition coefficient (Wildman–Crippen LogP) is 4.33. The zero-order valence-electron chi connectivity index (χ0n) is 10.4. The van der Waals surface area contributed by atoms with E-state index in [0.717, 1.165) is 25.4 Å². The molecule has 1 N–H and O–H groups in total. The Balaban J connectivity index is 2.01. The number of rotatable bonds is 2. The molecule has 0 aliphatic heterocycles. The molecule has 0 saturated carbocycles. The van der Waals surface area contributed by atoms with Gasteiger partial charge in [-0.15, -0.1) is 11.3 Å². The zero-order chi connectivity index (χ0) is 13.4. The van der Waals surface area contributed by atoms with Crippen LogP contribution in [-0.2, 0) is 6.42 Å². The number of aromatic nitrogens is 2. The summed E-state index contributed by atoms with van der Waals surface area (Å²) in [5.74, 6) is 0.826. The van der Waals surface area contributed by atoms with E-state index in [9.17, 15) is 0 Å². The third kappa shape index (κ3) is 2.63. The summed E-state index contributed by atoms with van der Waals surface area (Å²) in [6.07, 6.45) is 5.39. The smallest absolute Gasteiger partial charge is 0.169 e. The second-order valence-corrected chi connectivity index (χ2v) is 7.79. The highest BCUT2D eigenvalue weighted by Gasteiger charge is 2.21. The molecular weight excluding hydrogens is 390 g/mol. The van der Waals surface area contributed by atoms with Crippen LogP contribution in [0.15, 0.2) is 20.5 Å². The minimum atomic E-state index is 0.402. The van der Waals surface area contributed by atoms with Crippen LogP contribution in [0.5, 0.6) is 0 Å². The average Bonchev–Trinajstić information content (AvgIpc) is 2.77. The molecule has 1 aliphatic carbocycles. The van der Waals surface area contributed by atoms with Gasteiger partial charge in [-0.2, -0.15) is 0 Å². The van der Waals surface area contributed by atoms with Gasteiger partial charge in [0, 0.05) is 28.0 Å². The molecule has 0 spiro atoms. The average molecular weight is 403 g/mol. The minimum Gasteiger partial charge on any atom is -0.313 e. The van der Waals surface area contributed by atoms with Crippen molar-refractivity contribution in [3.05, 3.63) is 31.8 Å². The summed E-state index contributed by atoms with van der Waals surface area (Å²) in [7, 11) is 2.00. The molecular formula is C13H13Br2N3S. The number of thiophene rings is 1. The van der Waals surface area contributed by atoms with Gasteiger partial charge < -0.3 is 5.32 Å². The predicted molar refractivity (Wildman–Crippen MR) is 85.5 cm³/mol. The van der Waals surface area contributed by atoms with Gasteiger partial charge in [0.25, 0.3) is 0 Å². The molecule has 6 heteroatoms. The van der Waals surface area contributed by atoms with E-state index in [2.05, 4.69) is 48.2 Å². The number of aryl methyl sites for hydroxylation is 1. The van der Waals surface area contributed by atoms with Gasteiger partial charge in [-0.1, -0.05) is 0 Å². The van der Waals surface area contributed by atoms with Crippen LogP contribution in [0.3, 0.4) is 0 Å². The minimum absolute atomic E-state index is 0.402. The lowest BCUT2D eigenvalue weighted by Gasteiger charge is -2.23. The molecule has 2 aromatic heterocycles. The van der Waals surface area contributed by atoms with Crippen molar-refractivity contribution >= 4 is 43.2 Å². The Morgan fingerprint density at radius 2 is 2.26 bits per heavy atom. The number of nitrogens with zero attached hydrogens (tertiary/aromatic N) is 2. The molecule has 0 bridgehead atoms. The standard InChI is InChI=1S/C13H13Br2N3S/c1-16-9-3-2-4-10-7(9)6-17-13(18-10)11-5-8(14)12(15)19-11/h5-6,9,16H,2-4H2,1H3. The lowest BCUT2D eigenvalue weighted by Crippen LogP contribution is -2.22. The number of fused-ring (bicyclic) bond motifs is 1. The molecule has 0 amide bonds. The maximum atomic E-state index is 4.75. The summed E-state index contributed by atoms with van der Waals surface area (Å²) >= 11 is 8.68. The second-order valence-electron chi connectivity index (χ2n) is 4.56. The Hall–Kier alpha value is -0.300. The molecule has 0 saturated heterocycles. The molecule has 1 aliphatic rings. The first-order chi connectivity index (χ1) is 9.19.